The Balaban J connectivity index is 1.66. The van der Waals surface area contributed by atoms with Crippen LogP contribution in [0.3, 0.4) is 0 Å². The number of nitrogens with zero attached hydrogens (tertiary/aromatic N) is 1. The highest BCUT2D eigenvalue weighted by molar-refractivity contribution is 5.84. The zero-order valence-electron chi connectivity index (χ0n) is 12.6. The van der Waals surface area contributed by atoms with E-state index in [1.54, 1.807) is 0 Å². The van der Waals surface area contributed by atoms with Crippen LogP contribution < -0.4 is 5.32 Å². The van der Waals surface area contributed by atoms with Gasteiger partial charge in [0.1, 0.15) is 5.92 Å². The number of amides is 1. The maximum atomic E-state index is 12.1. The Morgan fingerprint density at radius 3 is 2.76 bits per heavy atom. The zero-order valence-corrected chi connectivity index (χ0v) is 12.6. The average molecular weight is 288 g/mol. The highest BCUT2D eigenvalue weighted by Gasteiger charge is 2.62. The van der Waals surface area contributed by atoms with Gasteiger partial charge in [0.05, 0.1) is 12.2 Å². The number of rotatable bonds is 2. The fourth-order valence-corrected chi connectivity index (χ4v) is 6.20. The third-order valence-electron chi connectivity index (χ3n) is 6.69. The third kappa shape index (κ3) is 1.80. The van der Waals surface area contributed by atoms with Gasteiger partial charge in [-0.15, -0.1) is 0 Å². The first-order valence-corrected chi connectivity index (χ1v) is 8.57. The summed E-state index contributed by atoms with van der Waals surface area (Å²) in [6.07, 6.45) is 6.40. The van der Waals surface area contributed by atoms with E-state index in [-0.39, 0.29) is 17.9 Å². The van der Waals surface area contributed by atoms with E-state index >= 15 is 0 Å². The van der Waals surface area contributed by atoms with Gasteiger partial charge >= 0.3 is 0 Å². The largest absolute Gasteiger partial charge is 0.378 e. The first-order chi connectivity index (χ1) is 10.3. The molecule has 3 aliphatic carbocycles. The topological polar surface area (TPSA) is 62.1 Å². The van der Waals surface area contributed by atoms with E-state index in [2.05, 4.69) is 18.3 Å². The lowest BCUT2D eigenvalue weighted by Gasteiger charge is -2.46. The van der Waals surface area contributed by atoms with Crippen LogP contribution in [0.1, 0.15) is 39.0 Å². The molecular weight excluding hydrogens is 264 g/mol. The van der Waals surface area contributed by atoms with Gasteiger partial charge in [0, 0.05) is 18.6 Å². The van der Waals surface area contributed by atoms with Crippen LogP contribution in [0.4, 0.5) is 0 Å². The minimum Gasteiger partial charge on any atom is -0.378 e. The molecule has 0 aromatic carbocycles. The first-order valence-electron chi connectivity index (χ1n) is 8.57. The predicted octanol–water partition coefficient (Wildman–Crippen LogP) is 2.10. The molecule has 1 N–H and O–H groups in total. The number of carbonyl (C=O) groups is 1. The van der Waals surface area contributed by atoms with Gasteiger partial charge in [-0.3, -0.25) is 4.79 Å². The Labute approximate surface area is 126 Å². The fourth-order valence-electron chi connectivity index (χ4n) is 6.20. The van der Waals surface area contributed by atoms with Crippen LogP contribution >= 0.6 is 0 Å². The molecule has 114 valence electrons. The van der Waals surface area contributed by atoms with E-state index in [0.29, 0.717) is 29.8 Å². The molecule has 4 fully saturated rings. The van der Waals surface area contributed by atoms with E-state index < -0.39 is 5.92 Å². The molecule has 4 aliphatic rings. The minimum absolute atomic E-state index is 0.0139. The Hall–Kier alpha value is -1.08. The summed E-state index contributed by atoms with van der Waals surface area (Å²) in [6, 6.07) is 2.56. The summed E-state index contributed by atoms with van der Waals surface area (Å²) in [4.78, 5) is 12.1. The number of ether oxygens (including phenoxy) is 1. The van der Waals surface area contributed by atoms with Crippen molar-refractivity contribution in [3.8, 4) is 6.07 Å². The fraction of sp³-hybridized carbons (Fsp3) is 0.882. The third-order valence-corrected chi connectivity index (χ3v) is 6.69. The minimum atomic E-state index is -0.408. The normalized spacial score (nSPS) is 51.0. The van der Waals surface area contributed by atoms with Crippen molar-refractivity contribution >= 4 is 5.91 Å². The summed E-state index contributed by atoms with van der Waals surface area (Å²) in [5.41, 5.74) is 0. The number of nitriles is 1. The summed E-state index contributed by atoms with van der Waals surface area (Å²) in [6.45, 7) is 2.88. The summed E-state index contributed by atoms with van der Waals surface area (Å²) in [5.74, 6) is 2.32. The highest BCUT2D eigenvalue weighted by Crippen LogP contribution is 2.60. The lowest BCUT2D eigenvalue weighted by atomic mass is 9.62. The Morgan fingerprint density at radius 2 is 2.00 bits per heavy atom. The molecule has 4 nitrogen and oxygen atoms in total. The van der Waals surface area contributed by atoms with Gasteiger partial charge in [-0.2, -0.15) is 5.26 Å². The van der Waals surface area contributed by atoms with Crippen LogP contribution in [0.2, 0.25) is 0 Å². The molecule has 3 saturated carbocycles. The summed E-state index contributed by atoms with van der Waals surface area (Å²) in [7, 11) is 0. The Kier molecular flexibility index (Phi) is 3.22. The van der Waals surface area contributed by atoms with Crippen LogP contribution in [0.5, 0.6) is 0 Å². The van der Waals surface area contributed by atoms with Crippen molar-refractivity contribution in [2.24, 2.45) is 35.5 Å². The van der Waals surface area contributed by atoms with E-state index in [1.165, 1.54) is 19.3 Å². The first kappa shape index (κ1) is 13.6. The lowest BCUT2D eigenvalue weighted by molar-refractivity contribution is -0.123. The number of carbonyl (C=O) groups excluding carboxylic acids is 1. The van der Waals surface area contributed by atoms with Gasteiger partial charge in [0.15, 0.2) is 0 Å². The van der Waals surface area contributed by atoms with Crippen molar-refractivity contribution in [1.82, 2.24) is 5.32 Å². The molecule has 0 radical (unpaired) electrons. The van der Waals surface area contributed by atoms with Gasteiger partial charge in [0.2, 0.25) is 5.91 Å². The zero-order chi connectivity index (χ0) is 14.6. The number of fused-ring (bicyclic) bond motifs is 3. The van der Waals surface area contributed by atoms with E-state index in [1.807, 2.05) is 0 Å². The molecular formula is C17H24N2O2. The van der Waals surface area contributed by atoms with Gasteiger partial charge in [-0.25, -0.2) is 0 Å². The smallest absolute Gasteiger partial charge is 0.237 e. The van der Waals surface area contributed by atoms with Crippen molar-refractivity contribution in [1.29, 1.82) is 5.26 Å². The van der Waals surface area contributed by atoms with Crippen molar-refractivity contribution in [2.75, 3.05) is 6.61 Å². The SMILES string of the molecule is CCOC1CCC2C3C1CCCC3C1NC(=O)C(C#N)C21. The van der Waals surface area contributed by atoms with Crippen LogP contribution in [0, 0.1) is 46.8 Å². The van der Waals surface area contributed by atoms with Crippen LogP contribution in [-0.2, 0) is 9.53 Å². The molecule has 1 amide bonds. The molecule has 1 saturated heterocycles. The quantitative estimate of drug-likeness (QED) is 0.846. The lowest BCUT2D eigenvalue weighted by Crippen LogP contribution is -2.45. The molecule has 1 heterocycles. The van der Waals surface area contributed by atoms with Crippen molar-refractivity contribution in [3.05, 3.63) is 0 Å². The Bertz CT molecular complexity index is 486. The van der Waals surface area contributed by atoms with Crippen molar-refractivity contribution < 1.29 is 9.53 Å². The summed E-state index contributed by atoms with van der Waals surface area (Å²) >= 11 is 0. The summed E-state index contributed by atoms with van der Waals surface area (Å²) in [5, 5.41) is 12.6. The second-order valence-electron chi connectivity index (χ2n) is 7.29. The van der Waals surface area contributed by atoms with E-state index in [9.17, 15) is 10.1 Å². The highest BCUT2D eigenvalue weighted by atomic mass is 16.5. The molecule has 21 heavy (non-hydrogen) atoms. The predicted molar refractivity (Wildman–Crippen MR) is 77.0 cm³/mol. The molecule has 8 unspecified atom stereocenters. The van der Waals surface area contributed by atoms with E-state index in [4.69, 9.17) is 4.74 Å². The maximum Gasteiger partial charge on any atom is 0.237 e. The standard InChI is InChI=1S/C17H24N2O2/c1-2-21-13-7-6-10-14-9(13)4-3-5-11(14)16-15(10)12(8-18)17(20)19-16/h9-16H,2-7H2,1H3,(H,19,20). The van der Waals surface area contributed by atoms with Gasteiger partial charge in [0.25, 0.3) is 0 Å². The van der Waals surface area contributed by atoms with Gasteiger partial charge in [-0.1, -0.05) is 6.42 Å². The molecule has 4 rings (SSSR count). The van der Waals surface area contributed by atoms with Crippen molar-refractivity contribution in [3.63, 3.8) is 0 Å². The number of nitrogens with one attached hydrogen (secondary N) is 1. The average Bonchev–Trinajstić information content (AvgIpc) is 2.98. The summed E-state index contributed by atoms with van der Waals surface area (Å²) < 4.78 is 6.02. The second-order valence-corrected chi connectivity index (χ2v) is 7.29. The monoisotopic (exact) mass is 288 g/mol. The van der Waals surface area contributed by atoms with Gasteiger partial charge in [-0.05, 0) is 56.3 Å². The maximum absolute atomic E-state index is 12.1. The molecule has 8 atom stereocenters. The van der Waals surface area contributed by atoms with Crippen LogP contribution in [0.15, 0.2) is 0 Å². The molecule has 4 heteroatoms. The van der Waals surface area contributed by atoms with Crippen molar-refractivity contribution in [2.45, 2.75) is 51.2 Å². The van der Waals surface area contributed by atoms with E-state index in [0.717, 1.165) is 19.4 Å². The molecule has 0 bridgehead atoms. The van der Waals surface area contributed by atoms with Crippen LogP contribution in [-0.4, -0.2) is 24.7 Å². The molecule has 0 spiro atoms. The van der Waals surface area contributed by atoms with Gasteiger partial charge < -0.3 is 10.1 Å². The number of hydrogen-bond acceptors (Lipinski definition) is 3. The van der Waals surface area contributed by atoms with Crippen LogP contribution in [0.25, 0.3) is 0 Å². The second kappa shape index (κ2) is 4.98. The Morgan fingerprint density at radius 1 is 1.19 bits per heavy atom. The number of hydrogen-bond donors (Lipinski definition) is 1. The molecule has 0 aromatic heterocycles. The molecule has 0 aromatic rings. The molecule has 1 aliphatic heterocycles.